The molecule has 9 heteroatoms. The summed E-state index contributed by atoms with van der Waals surface area (Å²) in [5, 5.41) is 2.86. The van der Waals surface area contributed by atoms with Gasteiger partial charge in [-0.05, 0) is 36.6 Å². The minimum absolute atomic E-state index is 0.0502. The summed E-state index contributed by atoms with van der Waals surface area (Å²) in [5.74, 6) is 1.74. The fraction of sp³-hybridized carbons (Fsp3) is 0.429. The van der Waals surface area contributed by atoms with Gasteiger partial charge in [-0.25, -0.2) is 9.97 Å². The molecular weight excluding hydrogens is 402 g/mol. The number of nitrogens with one attached hydrogen (secondary N) is 1. The van der Waals surface area contributed by atoms with E-state index < -0.39 is 6.04 Å². The Labute approximate surface area is 181 Å². The normalized spacial score (nSPS) is 14.8. The zero-order valence-electron chi connectivity index (χ0n) is 17.1. The van der Waals surface area contributed by atoms with Crippen LogP contribution in [0.4, 0.5) is 5.95 Å². The lowest BCUT2D eigenvalue weighted by molar-refractivity contribution is -0.137. The van der Waals surface area contributed by atoms with Gasteiger partial charge in [-0.2, -0.15) is 11.8 Å². The molecular formula is C21H27N5O3S. The number of hydrogen-bond donors (Lipinski definition) is 1. The minimum atomic E-state index is -0.552. The van der Waals surface area contributed by atoms with Crippen LogP contribution in [0.3, 0.4) is 0 Å². The summed E-state index contributed by atoms with van der Waals surface area (Å²) in [6.07, 6.45) is 6.00. The summed E-state index contributed by atoms with van der Waals surface area (Å²) in [6, 6.07) is 10.4. The van der Waals surface area contributed by atoms with Crippen LogP contribution in [0.25, 0.3) is 0 Å². The van der Waals surface area contributed by atoms with Gasteiger partial charge in [-0.1, -0.05) is 18.2 Å². The largest absolute Gasteiger partial charge is 0.484 e. The van der Waals surface area contributed by atoms with Gasteiger partial charge in [0.2, 0.25) is 11.9 Å². The van der Waals surface area contributed by atoms with Crippen molar-refractivity contribution in [2.75, 3.05) is 49.7 Å². The molecule has 3 rings (SSSR count). The maximum atomic E-state index is 13.1. The summed E-state index contributed by atoms with van der Waals surface area (Å²) >= 11 is 1.65. The first kappa shape index (κ1) is 21.9. The first-order valence-corrected chi connectivity index (χ1v) is 11.3. The third kappa shape index (κ3) is 6.35. The number of ether oxygens (including phenoxy) is 1. The Kier molecular flexibility index (Phi) is 8.31. The highest BCUT2D eigenvalue weighted by Gasteiger charge is 2.29. The number of rotatable bonds is 9. The van der Waals surface area contributed by atoms with Gasteiger partial charge in [0.1, 0.15) is 11.8 Å². The molecule has 2 heterocycles. The standard InChI is InChI=1S/C21H27N5O3S/c1-30-15-8-18(24-19(27)16-29-17-6-3-2-4-7-17)20(28)25-11-13-26(14-12-25)21-22-9-5-10-23-21/h2-7,9-10,18H,8,11-16H2,1H3,(H,24,27)/t18-/m0/s1. The Bertz CT molecular complexity index is 801. The summed E-state index contributed by atoms with van der Waals surface area (Å²) in [7, 11) is 0. The van der Waals surface area contributed by atoms with E-state index in [0.717, 1.165) is 5.75 Å². The van der Waals surface area contributed by atoms with E-state index in [2.05, 4.69) is 20.2 Å². The molecule has 1 aliphatic rings. The summed E-state index contributed by atoms with van der Waals surface area (Å²) in [5.41, 5.74) is 0. The second-order valence-corrected chi connectivity index (χ2v) is 7.85. The molecule has 1 saturated heterocycles. The number of carbonyl (C=O) groups is 2. The molecule has 0 bridgehead atoms. The van der Waals surface area contributed by atoms with Crippen molar-refractivity contribution < 1.29 is 14.3 Å². The van der Waals surface area contributed by atoms with E-state index in [-0.39, 0.29) is 18.4 Å². The SMILES string of the molecule is CSCC[C@H](NC(=O)COc1ccccc1)C(=O)N1CCN(c2ncccn2)CC1. The van der Waals surface area contributed by atoms with Crippen LogP contribution in [-0.2, 0) is 9.59 Å². The molecule has 1 aliphatic heterocycles. The topological polar surface area (TPSA) is 87.7 Å². The zero-order chi connectivity index (χ0) is 21.2. The van der Waals surface area contributed by atoms with E-state index in [0.29, 0.717) is 44.3 Å². The number of thioether (sulfide) groups is 1. The van der Waals surface area contributed by atoms with E-state index in [4.69, 9.17) is 4.74 Å². The van der Waals surface area contributed by atoms with E-state index >= 15 is 0 Å². The fourth-order valence-corrected chi connectivity index (χ4v) is 3.67. The van der Waals surface area contributed by atoms with Crippen LogP contribution in [0.15, 0.2) is 48.8 Å². The smallest absolute Gasteiger partial charge is 0.258 e. The Hall–Kier alpha value is -2.81. The molecule has 0 radical (unpaired) electrons. The van der Waals surface area contributed by atoms with Gasteiger partial charge in [0.25, 0.3) is 5.91 Å². The first-order valence-electron chi connectivity index (χ1n) is 9.94. The second-order valence-electron chi connectivity index (χ2n) is 6.86. The molecule has 0 spiro atoms. The highest BCUT2D eigenvalue weighted by Crippen LogP contribution is 2.13. The molecule has 2 aromatic rings. The van der Waals surface area contributed by atoms with Gasteiger partial charge in [0, 0.05) is 38.6 Å². The van der Waals surface area contributed by atoms with Crippen LogP contribution in [0.2, 0.25) is 0 Å². The molecule has 1 atom stereocenters. The van der Waals surface area contributed by atoms with Crippen LogP contribution in [0, 0.1) is 0 Å². The van der Waals surface area contributed by atoms with Gasteiger partial charge in [0.05, 0.1) is 0 Å². The third-order valence-electron chi connectivity index (χ3n) is 4.78. The van der Waals surface area contributed by atoms with Gasteiger partial charge in [-0.3, -0.25) is 9.59 Å². The van der Waals surface area contributed by atoms with Crippen molar-refractivity contribution in [3.63, 3.8) is 0 Å². The minimum Gasteiger partial charge on any atom is -0.484 e. The zero-order valence-corrected chi connectivity index (χ0v) is 17.9. The van der Waals surface area contributed by atoms with Crippen molar-refractivity contribution in [2.45, 2.75) is 12.5 Å². The summed E-state index contributed by atoms with van der Waals surface area (Å²) < 4.78 is 5.50. The predicted octanol–water partition coefficient (Wildman–Crippen LogP) is 1.44. The highest BCUT2D eigenvalue weighted by molar-refractivity contribution is 7.98. The van der Waals surface area contributed by atoms with Crippen molar-refractivity contribution in [3.05, 3.63) is 48.8 Å². The molecule has 0 aliphatic carbocycles. The molecule has 1 fully saturated rings. The molecule has 30 heavy (non-hydrogen) atoms. The molecule has 160 valence electrons. The monoisotopic (exact) mass is 429 g/mol. The number of benzene rings is 1. The number of nitrogens with zero attached hydrogens (tertiary/aromatic N) is 4. The molecule has 2 amide bonds. The lowest BCUT2D eigenvalue weighted by Gasteiger charge is -2.36. The Balaban J connectivity index is 1.52. The average molecular weight is 430 g/mol. The van der Waals surface area contributed by atoms with Gasteiger partial charge < -0.3 is 19.9 Å². The molecule has 1 N–H and O–H groups in total. The molecule has 0 unspecified atom stereocenters. The van der Waals surface area contributed by atoms with Crippen molar-refractivity contribution in [2.24, 2.45) is 0 Å². The quantitative estimate of drug-likeness (QED) is 0.645. The summed E-state index contributed by atoms with van der Waals surface area (Å²) in [6.45, 7) is 2.35. The van der Waals surface area contributed by atoms with Crippen molar-refractivity contribution in [1.82, 2.24) is 20.2 Å². The number of amides is 2. The first-order chi connectivity index (χ1) is 14.7. The van der Waals surface area contributed by atoms with Crippen molar-refractivity contribution in [3.8, 4) is 5.75 Å². The average Bonchev–Trinajstić information content (AvgIpc) is 2.81. The molecule has 0 saturated carbocycles. The van der Waals surface area contributed by atoms with Crippen LogP contribution in [0.5, 0.6) is 5.75 Å². The lowest BCUT2D eigenvalue weighted by atomic mass is 10.1. The number of piperazine rings is 1. The molecule has 8 nitrogen and oxygen atoms in total. The number of carbonyl (C=O) groups excluding carboxylic acids is 2. The summed E-state index contributed by atoms with van der Waals surface area (Å²) in [4.78, 5) is 37.9. The third-order valence-corrected chi connectivity index (χ3v) is 5.43. The number of anilines is 1. The van der Waals surface area contributed by atoms with E-state index in [9.17, 15) is 9.59 Å². The maximum absolute atomic E-state index is 13.1. The Morgan fingerprint density at radius 3 is 2.47 bits per heavy atom. The van der Waals surface area contributed by atoms with Crippen LogP contribution in [-0.4, -0.2) is 77.5 Å². The maximum Gasteiger partial charge on any atom is 0.258 e. The van der Waals surface area contributed by atoms with Crippen LogP contribution < -0.4 is 15.0 Å². The van der Waals surface area contributed by atoms with Gasteiger partial charge in [-0.15, -0.1) is 0 Å². The van der Waals surface area contributed by atoms with Gasteiger partial charge in [0.15, 0.2) is 6.61 Å². The second kappa shape index (κ2) is 11.4. The Morgan fingerprint density at radius 1 is 1.10 bits per heavy atom. The van der Waals surface area contributed by atoms with Crippen LogP contribution in [0.1, 0.15) is 6.42 Å². The number of aromatic nitrogens is 2. The van der Waals surface area contributed by atoms with Crippen LogP contribution >= 0.6 is 11.8 Å². The predicted molar refractivity (Wildman–Crippen MR) is 118 cm³/mol. The van der Waals surface area contributed by atoms with Crippen molar-refractivity contribution in [1.29, 1.82) is 0 Å². The lowest BCUT2D eigenvalue weighted by Crippen LogP contribution is -2.55. The Morgan fingerprint density at radius 2 is 1.80 bits per heavy atom. The van der Waals surface area contributed by atoms with E-state index in [1.165, 1.54) is 0 Å². The van der Waals surface area contributed by atoms with E-state index in [1.54, 1.807) is 42.4 Å². The molecule has 1 aromatic carbocycles. The number of para-hydroxylation sites is 1. The number of hydrogen-bond acceptors (Lipinski definition) is 7. The van der Waals surface area contributed by atoms with E-state index in [1.807, 2.05) is 29.4 Å². The van der Waals surface area contributed by atoms with Crippen molar-refractivity contribution >= 4 is 29.5 Å². The highest BCUT2D eigenvalue weighted by atomic mass is 32.2. The van der Waals surface area contributed by atoms with Gasteiger partial charge >= 0.3 is 0 Å². The fourth-order valence-electron chi connectivity index (χ4n) is 3.20. The molecule has 1 aromatic heterocycles.